The van der Waals surface area contributed by atoms with Gasteiger partial charge in [0.05, 0.1) is 5.69 Å². The van der Waals surface area contributed by atoms with Crippen molar-refractivity contribution in [1.82, 2.24) is 14.6 Å². The summed E-state index contributed by atoms with van der Waals surface area (Å²) in [5.41, 5.74) is 2.21. The number of nitrogens with zero attached hydrogens (tertiary/aromatic N) is 3. The van der Waals surface area contributed by atoms with Crippen LogP contribution in [0, 0.1) is 5.92 Å². The molecule has 0 bridgehead atoms. The number of hydrogen-bond donors (Lipinski definition) is 1. The molecular weight excluding hydrogens is 260 g/mol. The van der Waals surface area contributed by atoms with Crippen LogP contribution in [-0.2, 0) is 5.41 Å². The molecule has 2 aromatic heterocycles. The molecule has 4 nitrogen and oxygen atoms in total. The van der Waals surface area contributed by atoms with Crippen molar-refractivity contribution >= 4 is 11.3 Å². The van der Waals surface area contributed by atoms with Crippen LogP contribution in [0.5, 0.6) is 0 Å². The lowest BCUT2D eigenvalue weighted by atomic mass is 9.92. The molecule has 2 rings (SSSR count). The number of rotatable bonds is 6. The predicted molar refractivity (Wildman–Crippen MR) is 88.9 cm³/mol. The van der Waals surface area contributed by atoms with Crippen molar-refractivity contribution < 1.29 is 0 Å². The lowest BCUT2D eigenvalue weighted by Gasteiger charge is -2.13. The lowest BCUT2D eigenvalue weighted by Crippen LogP contribution is -2.11. The Hall–Kier alpha value is -1.58. The first kappa shape index (κ1) is 15.8. The van der Waals surface area contributed by atoms with E-state index in [1.807, 2.05) is 16.9 Å². The summed E-state index contributed by atoms with van der Waals surface area (Å²) in [6.07, 6.45) is 7.46. The molecule has 2 heterocycles. The molecule has 1 N–H and O–H groups in total. The molecule has 0 saturated carbocycles. The van der Waals surface area contributed by atoms with E-state index in [4.69, 9.17) is 0 Å². The fourth-order valence-corrected chi connectivity index (χ4v) is 2.31. The van der Waals surface area contributed by atoms with Crippen LogP contribution in [0.2, 0.25) is 0 Å². The maximum atomic E-state index is 4.65. The SMILES string of the molecule is CC(C)CCCCNc1nccn2nc(C(C)(C)C)cc12. The summed E-state index contributed by atoms with van der Waals surface area (Å²) in [6, 6.07) is 2.14. The average Bonchev–Trinajstić information content (AvgIpc) is 2.82. The van der Waals surface area contributed by atoms with E-state index in [-0.39, 0.29) is 5.41 Å². The fraction of sp³-hybridized carbons (Fsp3) is 0.647. The van der Waals surface area contributed by atoms with Gasteiger partial charge in [-0.3, -0.25) is 0 Å². The molecule has 2 aromatic rings. The first-order valence-corrected chi connectivity index (χ1v) is 7.96. The molecule has 0 radical (unpaired) electrons. The standard InChI is InChI=1S/C17H28N4/c1-13(2)8-6-7-9-18-16-14-12-15(17(3,4)5)20-21(14)11-10-19-16/h10-13H,6-9H2,1-5H3,(H,18,19). The van der Waals surface area contributed by atoms with Crippen LogP contribution in [0.25, 0.3) is 5.52 Å². The van der Waals surface area contributed by atoms with Gasteiger partial charge in [0.15, 0.2) is 5.82 Å². The number of unbranched alkanes of at least 4 members (excludes halogenated alkanes) is 1. The van der Waals surface area contributed by atoms with Crippen LogP contribution in [-0.4, -0.2) is 21.1 Å². The predicted octanol–water partition coefficient (Wildman–Crippen LogP) is 4.27. The third-order valence-electron chi connectivity index (χ3n) is 3.66. The van der Waals surface area contributed by atoms with E-state index in [0.717, 1.165) is 29.5 Å². The summed E-state index contributed by atoms with van der Waals surface area (Å²) in [5, 5.41) is 8.10. The van der Waals surface area contributed by atoms with Crippen LogP contribution in [0.15, 0.2) is 18.5 Å². The van der Waals surface area contributed by atoms with Crippen LogP contribution in [0.4, 0.5) is 5.82 Å². The molecule has 0 amide bonds. The van der Waals surface area contributed by atoms with E-state index in [1.165, 1.54) is 19.3 Å². The minimum Gasteiger partial charge on any atom is -0.368 e. The van der Waals surface area contributed by atoms with Crippen molar-refractivity contribution in [2.75, 3.05) is 11.9 Å². The number of fused-ring (bicyclic) bond motifs is 1. The Balaban J connectivity index is 2.04. The topological polar surface area (TPSA) is 42.2 Å². The Morgan fingerprint density at radius 3 is 2.67 bits per heavy atom. The first-order valence-electron chi connectivity index (χ1n) is 7.96. The Labute approximate surface area is 128 Å². The molecular formula is C17H28N4. The normalized spacial score (nSPS) is 12.3. The molecule has 0 aliphatic carbocycles. The first-order chi connectivity index (χ1) is 9.88. The summed E-state index contributed by atoms with van der Waals surface area (Å²) in [5.74, 6) is 1.72. The van der Waals surface area contributed by atoms with Crippen molar-refractivity contribution in [3.63, 3.8) is 0 Å². The van der Waals surface area contributed by atoms with Gasteiger partial charge in [-0.2, -0.15) is 5.10 Å². The molecule has 0 aromatic carbocycles. The number of aromatic nitrogens is 3. The largest absolute Gasteiger partial charge is 0.368 e. The van der Waals surface area contributed by atoms with Crippen molar-refractivity contribution in [1.29, 1.82) is 0 Å². The number of hydrogen-bond acceptors (Lipinski definition) is 3. The number of anilines is 1. The van der Waals surface area contributed by atoms with Gasteiger partial charge in [-0.15, -0.1) is 0 Å². The monoisotopic (exact) mass is 288 g/mol. The Morgan fingerprint density at radius 1 is 1.24 bits per heavy atom. The van der Waals surface area contributed by atoms with Gasteiger partial charge in [0.2, 0.25) is 0 Å². The maximum absolute atomic E-state index is 4.65. The average molecular weight is 288 g/mol. The highest BCUT2D eigenvalue weighted by Crippen LogP contribution is 2.24. The molecule has 21 heavy (non-hydrogen) atoms. The summed E-state index contributed by atoms with van der Waals surface area (Å²) in [7, 11) is 0. The highest BCUT2D eigenvalue weighted by atomic mass is 15.2. The van der Waals surface area contributed by atoms with Gasteiger partial charge in [0.25, 0.3) is 0 Å². The molecule has 116 valence electrons. The minimum atomic E-state index is 0.0561. The second-order valence-electron chi connectivity index (χ2n) is 7.20. The molecule has 0 aliphatic rings. The second-order valence-corrected chi connectivity index (χ2v) is 7.20. The van der Waals surface area contributed by atoms with Crippen LogP contribution in [0.3, 0.4) is 0 Å². The van der Waals surface area contributed by atoms with Crippen molar-refractivity contribution in [2.45, 2.75) is 59.3 Å². The highest BCUT2D eigenvalue weighted by molar-refractivity contribution is 5.68. The molecule has 0 aliphatic heterocycles. The molecule has 0 unspecified atom stereocenters. The molecule has 0 saturated heterocycles. The summed E-state index contributed by atoms with van der Waals surface area (Å²) >= 11 is 0. The van der Waals surface area contributed by atoms with E-state index >= 15 is 0 Å². The minimum absolute atomic E-state index is 0.0561. The van der Waals surface area contributed by atoms with Crippen molar-refractivity contribution in [2.24, 2.45) is 5.92 Å². The molecule has 0 atom stereocenters. The Bertz CT molecular complexity index is 578. The van der Waals surface area contributed by atoms with Gasteiger partial charge in [0, 0.05) is 24.4 Å². The van der Waals surface area contributed by atoms with Gasteiger partial charge in [-0.1, -0.05) is 47.5 Å². The highest BCUT2D eigenvalue weighted by Gasteiger charge is 2.18. The van der Waals surface area contributed by atoms with E-state index in [0.29, 0.717) is 0 Å². The quantitative estimate of drug-likeness (QED) is 0.807. The van der Waals surface area contributed by atoms with E-state index in [1.54, 1.807) is 0 Å². The smallest absolute Gasteiger partial charge is 0.152 e. The molecule has 0 spiro atoms. The third kappa shape index (κ3) is 4.19. The van der Waals surface area contributed by atoms with Gasteiger partial charge in [-0.05, 0) is 18.4 Å². The van der Waals surface area contributed by atoms with Gasteiger partial charge in [0.1, 0.15) is 5.52 Å². The molecule has 0 fully saturated rings. The Morgan fingerprint density at radius 2 is 2.00 bits per heavy atom. The van der Waals surface area contributed by atoms with Gasteiger partial charge >= 0.3 is 0 Å². The van der Waals surface area contributed by atoms with Crippen LogP contribution in [0.1, 0.15) is 59.6 Å². The van der Waals surface area contributed by atoms with Crippen molar-refractivity contribution in [3.05, 3.63) is 24.2 Å². The van der Waals surface area contributed by atoms with Gasteiger partial charge < -0.3 is 5.32 Å². The lowest BCUT2D eigenvalue weighted by molar-refractivity contribution is 0.544. The zero-order valence-corrected chi connectivity index (χ0v) is 14.0. The van der Waals surface area contributed by atoms with Crippen LogP contribution < -0.4 is 5.32 Å². The summed E-state index contributed by atoms with van der Waals surface area (Å²) in [4.78, 5) is 4.46. The van der Waals surface area contributed by atoms with Gasteiger partial charge in [-0.25, -0.2) is 9.50 Å². The van der Waals surface area contributed by atoms with Crippen LogP contribution >= 0.6 is 0 Å². The van der Waals surface area contributed by atoms with E-state index in [9.17, 15) is 0 Å². The number of nitrogens with one attached hydrogen (secondary N) is 1. The zero-order valence-electron chi connectivity index (χ0n) is 14.0. The van der Waals surface area contributed by atoms with E-state index in [2.05, 4.69) is 56.1 Å². The van der Waals surface area contributed by atoms with Crippen molar-refractivity contribution in [3.8, 4) is 0 Å². The zero-order chi connectivity index (χ0) is 15.5. The Kier molecular flexibility index (Phi) is 4.86. The fourth-order valence-electron chi connectivity index (χ4n) is 2.31. The maximum Gasteiger partial charge on any atom is 0.152 e. The third-order valence-corrected chi connectivity index (χ3v) is 3.66. The summed E-state index contributed by atoms with van der Waals surface area (Å²) < 4.78 is 1.92. The molecule has 4 heteroatoms. The van der Waals surface area contributed by atoms with E-state index < -0.39 is 0 Å². The summed E-state index contributed by atoms with van der Waals surface area (Å²) in [6.45, 7) is 12.1. The second kappa shape index (κ2) is 6.46.